The lowest BCUT2D eigenvalue weighted by Crippen LogP contribution is -2.26. The summed E-state index contributed by atoms with van der Waals surface area (Å²) in [6, 6.07) is 9.57. The Morgan fingerprint density at radius 2 is 1.81 bits per heavy atom. The fourth-order valence-electron chi connectivity index (χ4n) is 2.44. The van der Waals surface area contributed by atoms with Crippen molar-refractivity contribution in [2.75, 3.05) is 27.9 Å². The van der Waals surface area contributed by atoms with Crippen molar-refractivity contribution < 1.29 is 23.4 Å². The summed E-state index contributed by atoms with van der Waals surface area (Å²) in [5, 5.41) is 0. The molecular weight excluding hydrogens is 337 g/mol. The summed E-state index contributed by atoms with van der Waals surface area (Å²) in [6.07, 6.45) is 1.63. The van der Waals surface area contributed by atoms with E-state index in [4.69, 9.17) is 14.2 Å². The van der Waals surface area contributed by atoms with Gasteiger partial charge in [-0.25, -0.2) is 4.39 Å². The van der Waals surface area contributed by atoms with E-state index in [1.807, 2.05) is 0 Å². The van der Waals surface area contributed by atoms with Gasteiger partial charge in [-0.3, -0.25) is 4.79 Å². The van der Waals surface area contributed by atoms with E-state index in [9.17, 15) is 9.18 Å². The molecule has 0 atom stereocenters. The van der Waals surface area contributed by atoms with E-state index in [1.54, 1.807) is 37.4 Å². The van der Waals surface area contributed by atoms with Gasteiger partial charge in [0.1, 0.15) is 6.61 Å². The minimum absolute atomic E-state index is 0.169. The molecule has 2 rings (SSSR count). The molecule has 0 saturated heterocycles. The van der Waals surface area contributed by atoms with Crippen LogP contribution in [-0.2, 0) is 6.54 Å². The van der Waals surface area contributed by atoms with Gasteiger partial charge in [-0.05, 0) is 35.9 Å². The molecule has 0 unspecified atom stereocenters. The van der Waals surface area contributed by atoms with Gasteiger partial charge in [0.15, 0.2) is 23.1 Å². The fraction of sp³-hybridized carbons (Fsp3) is 0.250. The van der Waals surface area contributed by atoms with E-state index in [1.165, 1.54) is 31.3 Å². The molecule has 0 bridgehead atoms. The average Bonchev–Trinajstić information content (AvgIpc) is 2.65. The van der Waals surface area contributed by atoms with Crippen molar-refractivity contribution in [2.45, 2.75) is 6.54 Å². The minimum Gasteiger partial charge on any atom is -0.494 e. The zero-order chi connectivity index (χ0) is 19.1. The maximum atomic E-state index is 13.8. The number of benzene rings is 2. The lowest BCUT2D eigenvalue weighted by molar-refractivity contribution is 0.0784. The Balaban J connectivity index is 2.14. The van der Waals surface area contributed by atoms with Crippen LogP contribution in [0.3, 0.4) is 0 Å². The Morgan fingerprint density at radius 3 is 2.42 bits per heavy atom. The predicted molar refractivity (Wildman–Crippen MR) is 97.4 cm³/mol. The molecule has 1 amide bonds. The van der Waals surface area contributed by atoms with E-state index in [0.29, 0.717) is 29.2 Å². The highest BCUT2D eigenvalue weighted by Gasteiger charge is 2.16. The number of hydrogen-bond acceptors (Lipinski definition) is 4. The van der Waals surface area contributed by atoms with Crippen molar-refractivity contribution in [3.63, 3.8) is 0 Å². The molecule has 0 heterocycles. The van der Waals surface area contributed by atoms with Crippen LogP contribution < -0.4 is 14.2 Å². The van der Waals surface area contributed by atoms with Crippen molar-refractivity contribution in [1.29, 1.82) is 0 Å². The normalized spacial score (nSPS) is 10.2. The molecule has 26 heavy (non-hydrogen) atoms. The zero-order valence-electron chi connectivity index (χ0n) is 15.1. The molecular formula is C20H22FNO4. The first-order valence-corrected chi connectivity index (χ1v) is 7.99. The molecule has 5 nitrogen and oxygen atoms in total. The summed E-state index contributed by atoms with van der Waals surface area (Å²) in [5.41, 5.74) is 1.11. The maximum Gasteiger partial charge on any atom is 0.254 e. The van der Waals surface area contributed by atoms with Gasteiger partial charge in [-0.2, -0.15) is 0 Å². The summed E-state index contributed by atoms with van der Waals surface area (Å²) in [5.74, 6) is 0.485. The standard InChI is InChI=1S/C20H22FNO4/c1-5-10-26-18-9-7-15(12-19(18)25-4)20(23)22(2)13-14-6-8-17(24-3)16(21)11-14/h5-9,11-12H,1,10,13H2,2-4H3. The number of rotatable bonds is 8. The van der Waals surface area contributed by atoms with Crippen LogP contribution in [0.15, 0.2) is 49.1 Å². The highest BCUT2D eigenvalue weighted by Crippen LogP contribution is 2.28. The summed E-state index contributed by atoms with van der Waals surface area (Å²) in [6.45, 7) is 4.20. The number of ether oxygens (including phenoxy) is 3. The number of carbonyl (C=O) groups excluding carboxylic acids is 1. The highest BCUT2D eigenvalue weighted by atomic mass is 19.1. The Morgan fingerprint density at radius 1 is 1.12 bits per heavy atom. The van der Waals surface area contributed by atoms with E-state index in [-0.39, 0.29) is 18.2 Å². The van der Waals surface area contributed by atoms with Gasteiger partial charge in [0.05, 0.1) is 14.2 Å². The lowest BCUT2D eigenvalue weighted by atomic mass is 10.1. The van der Waals surface area contributed by atoms with Gasteiger partial charge >= 0.3 is 0 Å². The third-order valence-electron chi connectivity index (χ3n) is 3.75. The summed E-state index contributed by atoms with van der Waals surface area (Å²) < 4.78 is 29.5. The second-order valence-electron chi connectivity index (χ2n) is 5.60. The van der Waals surface area contributed by atoms with Crippen molar-refractivity contribution in [1.82, 2.24) is 4.90 Å². The maximum absolute atomic E-state index is 13.8. The Hall–Kier alpha value is -3.02. The Bertz CT molecular complexity index is 791. The zero-order valence-corrected chi connectivity index (χ0v) is 15.1. The van der Waals surface area contributed by atoms with E-state index in [0.717, 1.165) is 0 Å². The van der Waals surface area contributed by atoms with Crippen LogP contribution in [0.4, 0.5) is 4.39 Å². The number of amides is 1. The molecule has 0 radical (unpaired) electrons. The minimum atomic E-state index is -0.462. The van der Waals surface area contributed by atoms with Crippen LogP contribution in [0.1, 0.15) is 15.9 Å². The molecule has 0 spiro atoms. The Labute approximate surface area is 152 Å². The number of carbonyl (C=O) groups is 1. The predicted octanol–water partition coefficient (Wildman–Crippen LogP) is 3.68. The van der Waals surface area contributed by atoms with Crippen molar-refractivity contribution in [3.8, 4) is 17.2 Å². The second-order valence-corrected chi connectivity index (χ2v) is 5.60. The molecule has 138 valence electrons. The molecule has 0 aliphatic rings. The van der Waals surface area contributed by atoms with Gasteiger partial charge < -0.3 is 19.1 Å². The van der Waals surface area contributed by atoms with Gasteiger partial charge in [-0.1, -0.05) is 18.7 Å². The third-order valence-corrected chi connectivity index (χ3v) is 3.75. The number of nitrogens with zero attached hydrogens (tertiary/aromatic N) is 1. The van der Waals surface area contributed by atoms with Crippen molar-refractivity contribution >= 4 is 5.91 Å². The largest absolute Gasteiger partial charge is 0.494 e. The first kappa shape index (κ1) is 19.3. The quantitative estimate of drug-likeness (QED) is 0.675. The molecule has 0 fully saturated rings. The molecule has 0 aromatic heterocycles. The highest BCUT2D eigenvalue weighted by molar-refractivity contribution is 5.94. The van der Waals surface area contributed by atoms with Gasteiger partial charge in [-0.15, -0.1) is 0 Å². The molecule has 2 aromatic rings. The van der Waals surface area contributed by atoms with Crippen LogP contribution in [0.5, 0.6) is 17.2 Å². The first-order chi connectivity index (χ1) is 12.5. The third kappa shape index (κ3) is 4.53. The van der Waals surface area contributed by atoms with Gasteiger partial charge in [0.2, 0.25) is 0 Å². The monoisotopic (exact) mass is 359 g/mol. The SMILES string of the molecule is C=CCOc1ccc(C(=O)N(C)Cc2ccc(OC)c(F)c2)cc1OC. The topological polar surface area (TPSA) is 48.0 Å². The molecule has 6 heteroatoms. The summed E-state index contributed by atoms with van der Waals surface area (Å²) in [7, 11) is 4.57. The summed E-state index contributed by atoms with van der Waals surface area (Å²) in [4.78, 5) is 14.1. The van der Waals surface area contributed by atoms with Crippen LogP contribution in [0.25, 0.3) is 0 Å². The van der Waals surface area contributed by atoms with Crippen LogP contribution in [0.2, 0.25) is 0 Å². The van der Waals surface area contributed by atoms with Crippen molar-refractivity contribution in [3.05, 3.63) is 66.0 Å². The molecule has 2 aromatic carbocycles. The summed E-state index contributed by atoms with van der Waals surface area (Å²) >= 11 is 0. The van der Waals surface area contributed by atoms with Crippen molar-refractivity contribution in [2.24, 2.45) is 0 Å². The fourth-order valence-corrected chi connectivity index (χ4v) is 2.44. The second kappa shape index (κ2) is 8.89. The van der Waals surface area contributed by atoms with E-state index >= 15 is 0 Å². The molecule has 0 aliphatic heterocycles. The number of methoxy groups -OCH3 is 2. The molecule has 0 N–H and O–H groups in total. The Kier molecular flexibility index (Phi) is 6.60. The van der Waals surface area contributed by atoms with Crippen LogP contribution >= 0.6 is 0 Å². The average molecular weight is 359 g/mol. The first-order valence-electron chi connectivity index (χ1n) is 7.99. The lowest BCUT2D eigenvalue weighted by Gasteiger charge is -2.19. The molecule has 0 saturated carbocycles. The smallest absolute Gasteiger partial charge is 0.254 e. The van der Waals surface area contributed by atoms with Crippen LogP contribution in [0, 0.1) is 5.82 Å². The number of hydrogen-bond donors (Lipinski definition) is 0. The van der Waals surface area contributed by atoms with E-state index < -0.39 is 5.82 Å². The number of halogens is 1. The van der Waals surface area contributed by atoms with E-state index in [2.05, 4.69) is 6.58 Å². The van der Waals surface area contributed by atoms with Gasteiger partial charge in [0, 0.05) is 19.2 Å². The van der Waals surface area contributed by atoms with Crippen LogP contribution in [-0.4, -0.2) is 38.7 Å². The molecule has 0 aliphatic carbocycles. The van der Waals surface area contributed by atoms with Gasteiger partial charge in [0.25, 0.3) is 5.91 Å².